The van der Waals surface area contributed by atoms with E-state index in [1.807, 2.05) is 0 Å². The van der Waals surface area contributed by atoms with Crippen molar-refractivity contribution >= 4 is 10.5 Å². The summed E-state index contributed by atoms with van der Waals surface area (Å²) in [7, 11) is 0.843. The van der Waals surface area contributed by atoms with Gasteiger partial charge in [-0.05, 0) is 54.2 Å². The summed E-state index contributed by atoms with van der Waals surface area (Å²) in [5.74, 6) is 1.63. The highest BCUT2D eigenvalue weighted by Crippen LogP contribution is 2.42. The minimum Gasteiger partial charge on any atom is -0.424 e. The van der Waals surface area contributed by atoms with Crippen LogP contribution >= 0.6 is 0 Å². The van der Waals surface area contributed by atoms with E-state index in [2.05, 4.69) is 18.2 Å². The van der Waals surface area contributed by atoms with Gasteiger partial charge in [0.25, 0.3) is 0 Å². The second-order valence-corrected chi connectivity index (χ2v) is 7.60. The molecule has 0 atom stereocenters. The molecule has 0 N–H and O–H groups in total. The first-order valence-electron chi connectivity index (χ1n) is 9.00. The fourth-order valence-electron chi connectivity index (χ4n) is 4.57. The van der Waals surface area contributed by atoms with Gasteiger partial charge in [-0.2, -0.15) is 0 Å². The molecular formula is C19H30OSi. The molecule has 2 heteroatoms. The highest BCUT2D eigenvalue weighted by molar-refractivity contribution is 5.97. The Morgan fingerprint density at radius 3 is 2.10 bits per heavy atom. The molecule has 0 aliphatic heterocycles. The van der Waals surface area contributed by atoms with Gasteiger partial charge < -0.3 is 4.43 Å². The SMILES string of the molecule is [SiH3]OCc1cccc(C2CCCCC2)c1C1CCCCC1. The third-order valence-electron chi connectivity index (χ3n) is 5.59. The first-order chi connectivity index (χ1) is 10.4. The van der Waals surface area contributed by atoms with Crippen molar-refractivity contribution in [2.45, 2.75) is 82.7 Å². The smallest absolute Gasteiger partial charge is 0.146 e. The zero-order valence-electron chi connectivity index (χ0n) is 13.6. The van der Waals surface area contributed by atoms with Crippen LogP contribution in [0.15, 0.2) is 18.2 Å². The second kappa shape index (κ2) is 7.60. The third kappa shape index (κ3) is 3.60. The van der Waals surface area contributed by atoms with Crippen molar-refractivity contribution in [1.82, 2.24) is 0 Å². The topological polar surface area (TPSA) is 9.23 Å². The molecule has 2 aliphatic carbocycles. The van der Waals surface area contributed by atoms with Crippen LogP contribution in [0, 0.1) is 0 Å². The Labute approximate surface area is 133 Å². The first-order valence-corrected chi connectivity index (χ1v) is 9.82. The zero-order valence-corrected chi connectivity index (χ0v) is 15.6. The molecule has 0 amide bonds. The summed E-state index contributed by atoms with van der Waals surface area (Å²) in [6, 6.07) is 7.05. The molecule has 0 unspecified atom stereocenters. The molecule has 0 saturated heterocycles. The lowest BCUT2D eigenvalue weighted by molar-refractivity contribution is 0.331. The van der Waals surface area contributed by atoms with Crippen molar-refractivity contribution in [2.75, 3.05) is 0 Å². The molecule has 0 spiro atoms. The minimum absolute atomic E-state index is 0.809. The van der Waals surface area contributed by atoms with Crippen molar-refractivity contribution in [3.05, 3.63) is 34.9 Å². The molecule has 2 fully saturated rings. The molecule has 2 aliphatic rings. The summed E-state index contributed by atoms with van der Waals surface area (Å²) in [4.78, 5) is 0. The van der Waals surface area contributed by atoms with Gasteiger partial charge in [0.05, 0.1) is 6.61 Å². The van der Waals surface area contributed by atoms with Gasteiger partial charge in [-0.1, -0.05) is 56.7 Å². The zero-order chi connectivity index (χ0) is 14.5. The first kappa shape index (κ1) is 15.3. The fraction of sp³-hybridized carbons (Fsp3) is 0.684. The highest BCUT2D eigenvalue weighted by Gasteiger charge is 2.25. The standard InChI is InChI=1S/C19H30OSi/c21-20-14-17-12-7-13-18(15-8-3-1-4-9-15)19(17)16-10-5-2-6-11-16/h7,12-13,15-16H,1-6,8-11,14H2,21H3. The van der Waals surface area contributed by atoms with E-state index in [4.69, 9.17) is 4.43 Å². The van der Waals surface area contributed by atoms with Crippen LogP contribution in [0.3, 0.4) is 0 Å². The van der Waals surface area contributed by atoms with Crippen molar-refractivity contribution < 1.29 is 4.43 Å². The van der Waals surface area contributed by atoms with Gasteiger partial charge in [-0.3, -0.25) is 0 Å². The molecule has 3 rings (SSSR count). The van der Waals surface area contributed by atoms with Crippen LogP contribution < -0.4 is 0 Å². The molecule has 2 saturated carbocycles. The summed E-state index contributed by atoms with van der Waals surface area (Å²) in [5.41, 5.74) is 4.90. The maximum Gasteiger partial charge on any atom is 0.146 e. The Morgan fingerprint density at radius 2 is 1.48 bits per heavy atom. The molecule has 116 valence electrons. The predicted molar refractivity (Wildman–Crippen MR) is 92.8 cm³/mol. The van der Waals surface area contributed by atoms with E-state index >= 15 is 0 Å². The Bertz CT molecular complexity index is 445. The van der Waals surface area contributed by atoms with Gasteiger partial charge in [0.2, 0.25) is 0 Å². The molecule has 1 nitrogen and oxygen atoms in total. The van der Waals surface area contributed by atoms with Crippen LogP contribution in [-0.2, 0) is 11.0 Å². The molecule has 0 heterocycles. The Balaban J connectivity index is 1.94. The maximum absolute atomic E-state index is 5.64. The van der Waals surface area contributed by atoms with Crippen LogP contribution in [0.4, 0.5) is 0 Å². The summed E-state index contributed by atoms with van der Waals surface area (Å²) in [6.45, 7) is 0.846. The maximum atomic E-state index is 5.64. The summed E-state index contributed by atoms with van der Waals surface area (Å²) in [5, 5.41) is 0. The highest BCUT2D eigenvalue weighted by atomic mass is 28.2. The van der Waals surface area contributed by atoms with Gasteiger partial charge in [-0.15, -0.1) is 0 Å². The summed E-state index contributed by atoms with van der Waals surface area (Å²) < 4.78 is 5.64. The van der Waals surface area contributed by atoms with E-state index in [1.165, 1.54) is 69.8 Å². The lowest BCUT2D eigenvalue weighted by Gasteiger charge is -2.31. The van der Waals surface area contributed by atoms with Gasteiger partial charge in [0.15, 0.2) is 0 Å². The molecule has 0 aromatic heterocycles. The molecule has 0 bridgehead atoms. The number of hydrogen-bond acceptors (Lipinski definition) is 1. The van der Waals surface area contributed by atoms with E-state index in [0.29, 0.717) is 0 Å². The van der Waals surface area contributed by atoms with Crippen molar-refractivity contribution in [1.29, 1.82) is 0 Å². The van der Waals surface area contributed by atoms with Crippen molar-refractivity contribution in [2.24, 2.45) is 0 Å². The third-order valence-corrected chi connectivity index (χ3v) is 5.88. The lowest BCUT2D eigenvalue weighted by atomic mass is 9.74. The van der Waals surface area contributed by atoms with E-state index in [0.717, 1.165) is 28.9 Å². The summed E-state index contributed by atoms with van der Waals surface area (Å²) >= 11 is 0. The Morgan fingerprint density at radius 1 is 0.857 bits per heavy atom. The van der Waals surface area contributed by atoms with Gasteiger partial charge in [-0.25, -0.2) is 0 Å². The minimum atomic E-state index is 0.809. The molecule has 1 aromatic rings. The van der Waals surface area contributed by atoms with Crippen LogP contribution in [-0.4, -0.2) is 10.5 Å². The lowest BCUT2D eigenvalue weighted by Crippen LogP contribution is -2.15. The monoisotopic (exact) mass is 302 g/mol. The number of benzene rings is 1. The van der Waals surface area contributed by atoms with Crippen LogP contribution in [0.1, 0.15) is 92.7 Å². The number of rotatable bonds is 4. The molecular weight excluding hydrogens is 272 g/mol. The van der Waals surface area contributed by atoms with Crippen molar-refractivity contribution in [3.63, 3.8) is 0 Å². The van der Waals surface area contributed by atoms with Crippen molar-refractivity contribution in [3.8, 4) is 0 Å². The Kier molecular flexibility index (Phi) is 5.53. The van der Waals surface area contributed by atoms with E-state index < -0.39 is 0 Å². The average Bonchev–Trinajstić information content (AvgIpc) is 2.56. The molecule has 21 heavy (non-hydrogen) atoms. The number of hydrogen-bond donors (Lipinski definition) is 0. The second-order valence-electron chi connectivity index (χ2n) is 7.02. The van der Waals surface area contributed by atoms with Gasteiger partial charge >= 0.3 is 0 Å². The van der Waals surface area contributed by atoms with Crippen LogP contribution in [0.5, 0.6) is 0 Å². The quantitative estimate of drug-likeness (QED) is 0.740. The van der Waals surface area contributed by atoms with Gasteiger partial charge in [0.1, 0.15) is 10.5 Å². The van der Waals surface area contributed by atoms with Crippen LogP contribution in [0.25, 0.3) is 0 Å². The van der Waals surface area contributed by atoms with E-state index in [1.54, 1.807) is 11.1 Å². The Hall–Kier alpha value is -0.603. The van der Waals surface area contributed by atoms with E-state index in [-0.39, 0.29) is 0 Å². The van der Waals surface area contributed by atoms with Crippen LogP contribution in [0.2, 0.25) is 0 Å². The molecule has 0 radical (unpaired) electrons. The normalized spacial score (nSPS) is 21.7. The largest absolute Gasteiger partial charge is 0.424 e. The molecule has 1 aromatic carbocycles. The summed E-state index contributed by atoms with van der Waals surface area (Å²) in [6.07, 6.45) is 14.2. The average molecular weight is 303 g/mol. The van der Waals surface area contributed by atoms with E-state index in [9.17, 15) is 0 Å². The fourth-order valence-corrected chi connectivity index (χ4v) is 4.88. The predicted octanol–water partition coefficient (Wildman–Crippen LogP) is 4.58. The van der Waals surface area contributed by atoms with Gasteiger partial charge in [0, 0.05) is 0 Å².